The largest absolute Gasteiger partial charge is 0.456 e. The summed E-state index contributed by atoms with van der Waals surface area (Å²) in [6.45, 7) is -0.00108. The predicted molar refractivity (Wildman–Crippen MR) is 103 cm³/mol. The Morgan fingerprint density at radius 3 is 2.70 bits per heavy atom. The van der Waals surface area contributed by atoms with E-state index in [0.29, 0.717) is 15.7 Å². The van der Waals surface area contributed by atoms with Crippen molar-refractivity contribution in [3.8, 4) is 10.6 Å². The highest BCUT2D eigenvalue weighted by Crippen LogP contribution is 2.25. The molecule has 0 atom stereocenters. The number of hydrogen-bond acceptors (Lipinski definition) is 5. The molecule has 4 rings (SSSR count). The monoisotopic (exact) mass is 398 g/mol. The molecule has 2 aromatic heterocycles. The van der Waals surface area contributed by atoms with Gasteiger partial charge in [0.1, 0.15) is 22.6 Å². The fourth-order valence-corrected chi connectivity index (χ4v) is 3.54. The Balaban J connectivity index is 1.48. The number of ether oxygens (including phenoxy) is 1. The molecule has 0 N–H and O–H groups in total. The van der Waals surface area contributed by atoms with Crippen LogP contribution in [0.1, 0.15) is 16.1 Å². The molecule has 0 unspecified atom stereocenters. The van der Waals surface area contributed by atoms with E-state index in [9.17, 15) is 9.18 Å². The van der Waals surface area contributed by atoms with Crippen molar-refractivity contribution in [1.82, 2.24) is 9.97 Å². The third kappa shape index (κ3) is 3.82. The number of esters is 1. The van der Waals surface area contributed by atoms with Gasteiger partial charge in [0.05, 0.1) is 5.52 Å². The maximum absolute atomic E-state index is 13.0. The number of para-hydroxylation sites is 1. The average Bonchev–Trinajstić information content (AvgIpc) is 3.17. The number of carbonyl (C=O) groups excluding carboxylic acids is 1. The molecule has 0 bridgehead atoms. The van der Waals surface area contributed by atoms with E-state index in [4.69, 9.17) is 16.3 Å². The second-order valence-electron chi connectivity index (χ2n) is 5.75. The van der Waals surface area contributed by atoms with Gasteiger partial charge in [0.25, 0.3) is 0 Å². The first-order valence-electron chi connectivity index (χ1n) is 8.03. The predicted octanol–water partition coefficient (Wildman–Crippen LogP) is 5.51. The standard InChI is InChI=1S/C20H12ClFN2O2S/c21-18-14(9-13-3-1-2-4-16(13)23-18)10-26-20(25)17-11-27-19(24-17)12-5-7-15(22)8-6-12/h1-9,11H,10H2. The molecule has 2 aromatic carbocycles. The lowest BCUT2D eigenvalue weighted by Gasteiger charge is -2.06. The summed E-state index contributed by atoms with van der Waals surface area (Å²) in [5.74, 6) is -0.875. The van der Waals surface area contributed by atoms with Crippen LogP contribution in [0.2, 0.25) is 5.15 Å². The summed E-state index contributed by atoms with van der Waals surface area (Å²) in [6.07, 6.45) is 0. The quantitative estimate of drug-likeness (QED) is 0.336. The molecule has 4 nitrogen and oxygen atoms in total. The summed E-state index contributed by atoms with van der Waals surface area (Å²) >= 11 is 7.47. The summed E-state index contributed by atoms with van der Waals surface area (Å²) in [5.41, 5.74) is 2.34. The third-order valence-electron chi connectivity index (χ3n) is 3.91. The number of hydrogen-bond donors (Lipinski definition) is 0. The van der Waals surface area contributed by atoms with Gasteiger partial charge >= 0.3 is 5.97 Å². The number of pyridine rings is 1. The maximum Gasteiger partial charge on any atom is 0.358 e. The summed E-state index contributed by atoms with van der Waals surface area (Å²) in [5, 5.41) is 3.45. The molecule has 0 aliphatic carbocycles. The van der Waals surface area contributed by atoms with Gasteiger partial charge in [-0.25, -0.2) is 19.2 Å². The highest BCUT2D eigenvalue weighted by Gasteiger charge is 2.15. The van der Waals surface area contributed by atoms with Crippen molar-refractivity contribution in [3.63, 3.8) is 0 Å². The number of carbonyl (C=O) groups is 1. The molecule has 0 radical (unpaired) electrons. The molecule has 0 amide bonds. The second kappa shape index (κ2) is 7.42. The van der Waals surface area contributed by atoms with Crippen LogP contribution in [-0.4, -0.2) is 15.9 Å². The lowest BCUT2D eigenvalue weighted by molar-refractivity contribution is 0.0467. The molecule has 0 spiro atoms. The van der Waals surface area contributed by atoms with Crippen LogP contribution in [-0.2, 0) is 11.3 Å². The van der Waals surface area contributed by atoms with Crippen molar-refractivity contribution in [2.24, 2.45) is 0 Å². The molecule has 134 valence electrons. The van der Waals surface area contributed by atoms with Gasteiger partial charge in [0, 0.05) is 21.9 Å². The molecule has 27 heavy (non-hydrogen) atoms. The smallest absolute Gasteiger partial charge is 0.358 e. The lowest BCUT2D eigenvalue weighted by atomic mass is 10.2. The van der Waals surface area contributed by atoms with E-state index in [0.717, 1.165) is 16.5 Å². The first kappa shape index (κ1) is 17.6. The molecule has 0 aliphatic heterocycles. The molecule has 0 saturated heterocycles. The molecule has 7 heteroatoms. The Hall–Kier alpha value is -2.83. The van der Waals surface area contributed by atoms with E-state index in [1.807, 2.05) is 30.3 Å². The second-order valence-corrected chi connectivity index (χ2v) is 6.97. The highest BCUT2D eigenvalue weighted by atomic mass is 35.5. The van der Waals surface area contributed by atoms with Crippen LogP contribution in [0.5, 0.6) is 0 Å². The Labute approximate surface area is 163 Å². The minimum atomic E-state index is -0.552. The number of thiazole rings is 1. The van der Waals surface area contributed by atoms with Crippen LogP contribution in [0, 0.1) is 5.82 Å². The number of halogens is 2. The molecular weight excluding hydrogens is 387 g/mol. The van der Waals surface area contributed by atoms with E-state index < -0.39 is 5.97 Å². The van der Waals surface area contributed by atoms with Gasteiger partial charge in [-0.3, -0.25) is 0 Å². The van der Waals surface area contributed by atoms with E-state index >= 15 is 0 Å². The Morgan fingerprint density at radius 1 is 1.11 bits per heavy atom. The molecule has 2 heterocycles. The van der Waals surface area contributed by atoms with E-state index in [1.54, 1.807) is 17.5 Å². The zero-order chi connectivity index (χ0) is 18.8. The molecule has 0 saturated carbocycles. The minimum absolute atomic E-state index is 0.00108. The fourth-order valence-electron chi connectivity index (χ4n) is 2.55. The average molecular weight is 399 g/mol. The molecule has 0 aliphatic rings. The van der Waals surface area contributed by atoms with Crippen molar-refractivity contribution < 1.29 is 13.9 Å². The van der Waals surface area contributed by atoms with Gasteiger partial charge in [-0.2, -0.15) is 0 Å². The third-order valence-corrected chi connectivity index (χ3v) is 5.13. The van der Waals surface area contributed by atoms with Crippen LogP contribution in [0.3, 0.4) is 0 Å². The Bertz CT molecular complexity index is 1130. The van der Waals surface area contributed by atoms with Crippen LogP contribution >= 0.6 is 22.9 Å². The summed E-state index contributed by atoms with van der Waals surface area (Å²) < 4.78 is 18.4. The summed E-state index contributed by atoms with van der Waals surface area (Å²) in [6, 6.07) is 15.3. The van der Waals surface area contributed by atoms with Crippen molar-refractivity contribution in [1.29, 1.82) is 0 Å². The SMILES string of the molecule is O=C(OCc1cc2ccccc2nc1Cl)c1csc(-c2ccc(F)cc2)n1. The van der Waals surface area contributed by atoms with Crippen LogP contribution in [0.4, 0.5) is 4.39 Å². The fraction of sp³-hybridized carbons (Fsp3) is 0.0500. The summed E-state index contributed by atoms with van der Waals surface area (Å²) in [4.78, 5) is 20.9. The first-order chi connectivity index (χ1) is 13.1. The Kier molecular flexibility index (Phi) is 4.83. The molecule has 4 aromatic rings. The summed E-state index contributed by atoms with van der Waals surface area (Å²) in [7, 11) is 0. The number of aromatic nitrogens is 2. The van der Waals surface area contributed by atoms with Gasteiger partial charge < -0.3 is 4.74 Å². The van der Waals surface area contributed by atoms with Crippen LogP contribution < -0.4 is 0 Å². The number of benzene rings is 2. The zero-order valence-electron chi connectivity index (χ0n) is 13.9. The van der Waals surface area contributed by atoms with Crippen LogP contribution in [0.25, 0.3) is 21.5 Å². The van der Waals surface area contributed by atoms with Gasteiger partial charge in [-0.05, 0) is 36.4 Å². The van der Waals surface area contributed by atoms with Crippen molar-refractivity contribution in [2.45, 2.75) is 6.61 Å². The zero-order valence-corrected chi connectivity index (χ0v) is 15.4. The highest BCUT2D eigenvalue weighted by molar-refractivity contribution is 7.13. The normalized spacial score (nSPS) is 10.9. The maximum atomic E-state index is 13.0. The Morgan fingerprint density at radius 2 is 1.89 bits per heavy atom. The van der Waals surface area contributed by atoms with E-state index in [2.05, 4.69) is 9.97 Å². The van der Waals surface area contributed by atoms with Crippen molar-refractivity contribution in [2.75, 3.05) is 0 Å². The number of rotatable bonds is 4. The van der Waals surface area contributed by atoms with Crippen molar-refractivity contribution >= 4 is 39.8 Å². The molecule has 0 fully saturated rings. The minimum Gasteiger partial charge on any atom is -0.456 e. The van der Waals surface area contributed by atoms with E-state index in [-0.39, 0.29) is 18.1 Å². The van der Waals surface area contributed by atoms with Crippen LogP contribution in [0.15, 0.2) is 60.0 Å². The van der Waals surface area contributed by atoms with Gasteiger partial charge in [-0.1, -0.05) is 29.8 Å². The van der Waals surface area contributed by atoms with Crippen molar-refractivity contribution in [3.05, 3.63) is 82.2 Å². The molecular formula is C20H12ClFN2O2S. The number of nitrogens with zero attached hydrogens (tertiary/aromatic N) is 2. The number of fused-ring (bicyclic) bond motifs is 1. The van der Waals surface area contributed by atoms with E-state index in [1.165, 1.54) is 23.5 Å². The topological polar surface area (TPSA) is 52.1 Å². The first-order valence-corrected chi connectivity index (χ1v) is 9.29. The van der Waals surface area contributed by atoms with Gasteiger partial charge in [0.2, 0.25) is 0 Å². The van der Waals surface area contributed by atoms with Gasteiger partial charge in [0.15, 0.2) is 5.69 Å². The van der Waals surface area contributed by atoms with Gasteiger partial charge in [-0.15, -0.1) is 11.3 Å². The lowest BCUT2D eigenvalue weighted by Crippen LogP contribution is -2.06.